The van der Waals surface area contributed by atoms with Crippen LogP contribution in [0.25, 0.3) is 5.69 Å². The van der Waals surface area contributed by atoms with Gasteiger partial charge < -0.3 is 9.47 Å². The highest BCUT2D eigenvalue weighted by molar-refractivity contribution is 6.32. The Morgan fingerprint density at radius 2 is 2.13 bits per heavy atom. The molecule has 1 unspecified atom stereocenters. The van der Waals surface area contributed by atoms with Gasteiger partial charge in [0.2, 0.25) is 0 Å². The highest BCUT2D eigenvalue weighted by Crippen LogP contribution is 2.25. The molecule has 0 aliphatic heterocycles. The Hall–Kier alpha value is -2.06. The normalized spacial score (nSPS) is 12.0. The lowest BCUT2D eigenvalue weighted by Gasteiger charge is -2.12. The molecule has 0 saturated heterocycles. The van der Waals surface area contributed by atoms with Crippen LogP contribution < -0.4 is 10.4 Å². The summed E-state index contributed by atoms with van der Waals surface area (Å²) < 4.78 is 12.0. The number of nitrogens with zero attached hydrogens (tertiary/aromatic N) is 4. The molecule has 0 fully saturated rings. The number of carbonyl (C=O) groups is 1. The fourth-order valence-electron chi connectivity index (χ4n) is 1.77. The predicted molar refractivity (Wildman–Crippen MR) is 83.2 cm³/mol. The molecule has 1 aromatic heterocycles. The van der Waals surface area contributed by atoms with Gasteiger partial charge in [0.1, 0.15) is 5.75 Å². The quantitative estimate of drug-likeness (QED) is 0.574. The van der Waals surface area contributed by atoms with Crippen molar-refractivity contribution in [3.8, 4) is 11.4 Å². The van der Waals surface area contributed by atoms with E-state index in [-0.39, 0.29) is 16.5 Å². The first-order valence-corrected chi connectivity index (χ1v) is 7.50. The minimum atomic E-state index is -1.32. The number of esters is 1. The molecule has 0 aliphatic carbocycles. The van der Waals surface area contributed by atoms with Crippen LogP contribution in [0, 0.1) is 0 Å². The summed E-state index contributed by atoms with van der Waals surface area (Å²) in [7, 11) is 1.19. The zero-order chi connectivity index (χ0) is 17.0. The number of benzene rings is 1. The van der Waals surface area contributed by atoms with Crippen LogP contribution in [0.15, 0.2) is 23.0 Å². The van der Waals surface area contributed by atoms with Crippen LogP contribution in [0.2, 0.25) is 5.02 Å². The van der Waals surface area contributed by atoms with Gasteiger partial charge in [0.25, 0.3) is 5.56 Å². The molecular formula is C13H14Cl2N4O4. The Bertz CT molecular complexity index is 759. The Kier molecular flexibility index (Phi) is 5.62. The van der Waals surface area contributed by atoms with E-state index in [1.54, 1.807) is 0 Å². The lowest BCUT2D eigenvalue weighted by molar-refractivity contribution is -0.144. The summed E-state index contributed by atoms with van der Waals surface area (Å²) in [5, 5.41) is 7.83. The second-order valence-corrected chi connectivity index (χ2v) is 5.27. The number of aromatic nitrogens is 4. The first-order chi connectivity index (χ1) is 11.0. The van der Waals surface area contributed by atoms with Gasteiger partial charge in [-0.15, -0.1) is 0 Å². The molecule has 2 aromatic rings. The van der Waals surface area contributed by atoms with Crippen LogP contribution in [0.4, 0.5) is 0 Å². The van der Waals surface area contributed by atoms with E-state index in [0.29, 0.717) is 6.54 Å². The van der Waals surface area contributed by atoms with Gasteiger partial charge >= 0.3 is 11.7 Å². The van der Waals surface area contributed by atoms with Crippen molar-refractivity contribution in [3.05, 3.63) is 33.7 Å². The predicted octanol–water partition coefficient (Wildman–Crippen LogP) is 1.61. The summed E-state index contributed by atoms with van der Waals surface area (Å²) in [4.78, 5) is 23.5. The lowest BCUT2D eigenvalue weighted by Crippen LogP contribution is -2.25. The Labute approximate surface area is 141 Å². The monoisotopic (exact) mass is 360 g/mol. The van der Waals surface area contributed by atoms with E-state index in [0.717, 1.165) is 11.1 Å². The summed E-state index contributed by atoms with van der Waals surface area (Å²) in [6, 6.07) is 4.44. The number of carbonyl (C=O) groups excluding carboxylic acids is 1. The van der Waals surface area contributed by atoms with E-state index in [9.17, 15) is 9.59 Å². The molecule has 124 valence electrons. The van der Waals surface area contributed by atoms with Crippen LogP contribution in [0.1, 0.15) is 13.3 Å². The van der Waals surface area contributed by atoms with Crippen molar-refractivity contribution >= 4 is 29.2 Å². The zero-order valence-corrected chi connectivity index (χ0v) is 13.9. The van der Waals surface area contributed by atoms with Crippen LogP contribution in [0.3, 0.4) is 0 Å². The standard InChI is InChI=1S/C13H14Cl2N4O4/c1-3-6-18-13(21)19(17-16-18)10-7-8(4-5-9(10)14)23-11(15)12(20)22-2/h4-5,7,11H,3,6H2,1-2H3. The van der Waals surface area contributed by atoms with E-state index in [4.69, 9.17) is 27.9 Å². The molecule has 8 nitrogen and oxygen atoms in total. The fraction of sp³-hybridized carbons (Fsp3) is 0.385. The number of aryl methyl sites for hydroxylation is 1. The van der Waals surface area contributed by atoms with Crippen molar-refractivity contribution in [2.75, 3.05) is 7.11 Å². The molecule has 1 heterocycles. The molecule has 0 aliphatic rings. The number of halogens is 2. The van der Waals surface area contributed by atoms with E-state index < -0.39 is 17.2 Å². The second kappa shape index (κ2) is 7.47. The number of methoxy groups -OCH3 is 1. The molecule has 0 amide bonds. The molecule has 0 N–H and O–H groups in total. The van der Waals surface area contributed by atoms with Crippen molar-refractivity contribution in [3.63, 3.8) is 0 Å². The third-order valence-corrected chi connectivity index (χ3v) is 3.43. The molecule has 10 heteroatoms. The van der Waals surface area contributed by atoms with E-state index in [1.165, 1.54) is 30.0 Å². The number of hydrogen-bond donors (Lipinski definition) is 0. The smallest absolute Gasteiger partial charge is 0.368 e. The number of rotatable bonds is 6. The zero-order valence-electron chi connectivity index (χ0n) is 12.4. The van der Waals surface area contributed by atoms with Crippen LogP contribution >= 0.6 is 23.2 Å². The third kappa shape index (κ3) is 3.83. The molecule has 0 radical (unpaired) electrons. The van der Waals surface area contributed by atoms with Gasteiger partial charge in [0.05, 0.1) is 17.8 Å². The highest BCUT2D eigenvalue weighted by Gasteiger charge is 2.19. The number of tetrazole rings is 1. The van der Waals surface area contributed by atoms with Crippen LogP contribution in [0.5, 0.6) is 5.75 Å². The highest BCUT2D eigenvalue weighted by atomic mass is 35.5. The van der Waals surface area contributed by atoms with Crippen LogP contribution in [-0.2, 0) is 16.1 Å². The first-order valence-electron chi connectivity index (χ1n) is 6.69. The third-order valence-electron chi connectivity index (χ3n) is 2.85. The van der Waals surface area contributed by atoms with Gasteiger partial charge in [-0.3, -0.25) is 0 Å². The molecule has 2 rings (SSSR count). The average molecular weight is 361 g/mol. The summed E-state index contributed by atoms with van der Waals surface area (Å²) >= 11 is 11.8. The largest absolute Gasteiger partial charge is 0.465 e. The lowest BCUT2D eigenvalue weighted by atomic mass is 10.3. The topological polar surface area (TPSA) is 88.2 Å². The maximum absolute atomic E-state index is 12.2. The summed E-state index contributed by atoms with van der Waals surface area (Å²) in [6.45, 7) is 2.36. The van der Waals surface area contributed by atoms with Gasteiger partial charge in [0, 0.05) is 12.6 Å². The van der Waals surface area contributed by atoms with E-state index in [1.807, 2.05) is 6.92 Å². The molecular weight excluding hydrogens is 347 g/mol. The van der Waals surface area contributed by atoms with Gasteiger partial charge in [-0.05, 0) is 29.0 Å². The minimum absolute atomic E-state index is 0.228. The number of alkyl halides is 1. The van der Waals surface area contributed by atoms with Crippen molar-refractivity contribution in [1.29, 1.82) is 0 Å². The first kappa shape index (κ1) is 17.3. The van der Waals surface area contributed by atoms with Gasteiger partial charge in [-0.25, -0.2) is 9.59 Å². The number of ether oxygens (including phenoxy) is 2. The Morgan fingerprint density at radius 3 is 2.78 bits per heavy atom. The Morgan fingerprint density at radius 1 is 1.39 bits per heavy atom. The van der Waals surface area contributed by atoms with Crippen LogP contribution in [-0.4, -0.2) is 38.4 Å². The SMILES string of the molecule is CCCn1nnn(-c2cc(OC(Cl)C(=O)OC)ccc2Cl)c1=O. The summed E-state index contributed by atoms with van der Waals surface area (Å²) in [5.41, 5.74) is -1.48. The Balaban J connectivity index is 2.34. The van der Waals surface area contributed by atoms with Crippen molar-refractivity contribution in [2.24, 2.45) is 0 Å². The molecule has 1 atom stereocenters. The fourth-order valence-corrected chi connectivity index (χ4v) is 2.16. The van der Waals surface area contributed by atoms with Crippen molar-refractivity contribution in [2.45, 2.75) is 25.5 Å². The number of hydrogen-bond acceptors (Lipinski definition) is 6. The molecule has 1 aromatic carbocycles. The maximum Gasteiger partial charge on any atom is 0.368 e. The maximum atomic E-state index is 12.2. The van der Waals surface area contributed by atoms with Gasteiger partial charge in [0.15, 0.2) is 0 Å². The molecule has 23 heavy (non-hydrogen) atoms. The van der Waals surface area contributed by atoms with E-state index >= 15 is 0 Å². The second-order valence-electron chi connectivity index (χ2n) is 4.47. The van der Waals surface area contributed by atoms with Crippen molar-refractivity contribution in [1.82, 2.24) is 19.8 Å². The van der Waals surface area contributed by atoms with E-state index in [2.05, 4.69) is 15.2 Å². The summed E-state index contributed by atoms with van der Waals surface area (Å²) in [5.74, 6) is -0.513. The average Bonchev–Trinajstić information content (AvgIpc) is 2.89. The minimum Gasteiger partial charge on any atom is -0.465 e. The van der Waals surface area contributed by atoms with Gasteiger partial charge in [-0.2, -0.15) is 9.36 Å². The molecule has 0 bridgehead atoms. The summed E-state index contributed by atoms with van der Waals surface area (Å²) in [6.07, 6.45) is 0.739. The van der Waals surface area contributed by atoms with Crippen molar-refractivity contribution < 1.29 is 14.3 Å². The molecule has 0 saturated carbocycles. The van der Waals surface area contributed by atoms with Gasteiger partial charge in [-0.1, -0.05) is 30.1 Å². The molecule has 0 spiro atoms.